The number of hydrogen-bond acceptors (Lipinski definition) is 8. The van der Waals surface area contributed by atoms with E-state index in [9.17, 15) is 4.79 Å². The van der Waals surface area contributed by atoms with Gasteiger partial charge in [-0.25, -0.2) is 4.98 Å². The third-order valence-corrected chi connectivity index (χ3v) is 5.48. The molecule has 2 aromatic carbocycles. The van der Waals surface area contributed by atoms with Crippen molar-refractivity contribution in [2.24, 2.45) is 5.16 Å². The van der Waals surface area contributed by atoms with E-state index in [-0.39, 0.29) is 19.0 Å². The molecule has 0 aliphatic carbocycles. The molecule has 4 rings (SSSR count). The van der Waals surface area contributed by atoms with Gasteiger partial charge in [-0.3, -0.25) is 9.78 Å². The number of carbonyl (C=O) groups excluding carboxylic acids is 1. The molecule has 0 atom stereocenters. The summed E-state index contributed by atoms with van der Waals surface area (Å²) < 4.78 is 16.7. The van der Waals surface area contributed by atoms with Crippen molar-refractivity contribution in [1.29, 1.82) is 0 Å². The van der Waals surface area contributed by atoms with Crippen LogP contribution >= 0.6 is 0 Å². The predicted molar refractivity (Wildman–Crippen MR) is 139 cm³/mol. The van der Waals surface area contributed by atoms with Crippen LogP contribution in [0.2, 0.25) is 0 Å². The van der Waals surface area contributed by atoms with E-state index in [4.69, 9.17) is 18.7 Å². The highest BCUT2D eigenvalue weighted by Gasteiger charge is 2.12. The van der Waals surface area contributed by atoms with Crippen LogP contribution in [0.4, 0.5) is 0 Å². The zero-order chi connectivity index (χ0) is 25.9. The lowest BCUT2D eigenvalue weighted by Crippen LogP contribution is -2.09. The molecule has 0 N–H and O–H groups in total. The van der Waals surface area contributed by atoms with Crippen LogP contribution in [0.1, 0.15) is 42.3 Å². The number of aromatic nitrogens is 2. The number of oxazole rings is 1. The first-order valence-corrected chi connectivity index (χ1v) is 12.1. The van der Waals surface area contributed by atoms with E-state index in [0.717, 1.165) is 28.1 Å². The summed E-state index contributed by atoms with van der Waals surface area (Å²) in [5, 5.41) is 4.28. The number of pyridine rings is 1. The Kier molecular flexibility index (Phi) is 9.02. The summed E-state index contributed by atoms with van der Waals surface area (Å²) in [5.41, 5.74) is 4.05. The van der Waals surface area contributed by atoms with Crippen LogP contribution in [-0.4, -0.2) is 28.3 Å². The van der Waals surface area contributed by atoms with Gasteiger partial charge in [0.15, 0.2) is 0 Å². The summed E-state index contributed by atoms with van der Waals surface area (Å²) in [6.45, 7) is 4.58. The lowest BCUT2D eigenvalue weighted by Gasteiger charge is -2.08. The summed E-state index contributed by atoms with van der Waals surface area (Å²) in [6.07, 6.45) is 3.99. The van der Waals surface area contributed by atoms with Gasteiger partial charge in [0.1, 0.15) is 30.4 Å². The molecule has 0 fully saturated rings. The Morgan fingerprint density at radius 3 is 2.51 bits per heavy atom. The van der Waals surface area contributed by atoms with Gasteiger partial charge < -0.3 is 18.7 Å². The summed E-state index contributed by atoms with van der Waals surface area (Å²) in [7, 11) is 0. The van der Waals surface area contributed by atoms with Crippen molar-refractivity contribution in [2.75, 3.05) is 6.61 Å². The lowest BCUT2D eigenvalue weighted by atomic mass is 10.1. The van der Waals surface area contributed by atoms with Crippen LogP contribution in [0, 0.1) is 6.92 Å². The normalized spacial score (nSPS) is 11.2. The number of rotatable bonds is 12. The molecule has 8 heteroatoms. The molecule has 2 aromatic heterocycles. The minimum Gasteiger partial charge on any atom is -0.487 e. The number of benzene rings is 2. The van der Waals surface area contributed by atoms with Gasteiger partial charge >= 0.3 is 5.97 Å². The second kappa shape index (κ2) is 13.0. The van der Waals surface area contributed by atoms with Crippen molar-refractivity contribution in [3.8, 4) is 17.2 Å². The molecule has 0 saturated carbocycles. The summed E-state index contributed by atoms with van der Waals surface area (Å²) in [5.74, 6) is 1.75. The fraction of sp³-hybridized carbons (Fsp3) is 0.241. The Morgan fingerprint density at radius 2 is 1.78 bits per heavy atom. The second-order valence-corrected chi connectivity index (χ2v) is 8.18. The minimum atomic E-state index is -0.271. The van der Waals surface area contributed by atoms with E-state index in [0.29, 0.717) is 37.0 Å². The van der Waals surface area contributed by atoms with Crippen LogP contribution in [0.3, 0.4) is 0 Å². The van der Waals surface area contributed by atoms with E-state index in [2.05, 4.69) is 15.1 Å². The monoisotopic (exact) mass is 499 g/mol. The maximum Gasteiger partial charge on any atom is 0.306 e. The van der Waals surface area contributed by atoms with Crippen LogP contribution in [0.15, 0.2) is 88.7 Å². The highest BCUT2D eigenvalue weighted by Crippen LogP contribution is 2.23. The number of aryl methyl sites for hydroxylation is 1. The molecule has 0 radical (unpaired) electrons. The van der Waals surface area contributed by atoms with Crippen LogP contribution in [0.25, 0.3) is 11.5 Å². The van der Waals surface area contributed by atoms with Gasteiger partial charge in [-0.2, -0.15) is 0 Å². The van der Waals surface area contributed by atoms with Gasteiger partial charge in [-0.05, 0) is 55.8 Å². The minimum absolute atomic E-state index is 0.217. The molecular weight excluding hydrogens is 470 g/mol. The standard InChI is InChI=1S/C29H29N3O5/c1-3-34-28(33)16-15-26(24-10-7-17-30-18-24)32-36-19-22-11-13-25(14-12-22)35-20-27-21(2)37-29(31-27)23-8-5-4-6-9-23/h4-14,17-18H,3,15-16,19-20H2,1-2H3/b32-26+. The van der Waals surface area contributed by atoms with Gasteiger partial charge in [-0.1, -0.05) is 35.5 Å². The average molecular weight is 500 g/mol. The number of esters is 1. The van der Waals surface area contributed by atoms with Crippen molar-refractivity contribution in [1.82, 2.24) is 9.97 Å². The second-order valence-electron chi connectivity index (χ2n) is 8.18. The van der Waals surface area contributed by atoms with E-state index < -0.39 is 0 Å². The van der Waals surface area contributed by atoms with E-state index in [1.54, 1.807) is 19.3 Å². The first-order chi connectivity index (χ1) is 18.1. The zero-order valence-electron chi connectivity index (χ0n) is 20.9. The Morgan fingerprint density at radius 1 is 0.973 bits per heavy atom. The fourth-order valence-corrected chi connectivity index (χ4v) is 3.51. The number of oxime groups is 1. The van der Waals surface area contributed by atoms with Crippen LogP contribution in [0.5, 0.6) is 5.75 Å². The van der Waals surface area contributed by atoms with Crippen molar-refractivity contribution < 1.29 is 23.5 Å². The molecular formula is C29H29N3O5. The van der Waals surface area contributed by atoms with E-state index in [1.807, 2.05) is 73.7 Å². The first kappa shape index (κ1) is 25.6. The average Bonchev–Trinajstić information content (AvgIpc) is 3.31. The molecule has 37 heavy (non-hydrogen) atoms. The summed E-state index contributed by atoms with van der Waals surface area (Å²) in [4.78, 5) is 26.1. The smallest absolute Gasteiger partial charge is 0.306 e. The van der Waals surface area contributed by atoms with Crippen molar-refractivity contribution >= 4 is 11.7 Å². The van der Waals surface area contributed by atoms with E-state index >= 15 is 0 Å². The molecule has 0 bridgehead atoms. The largest absolute Gasteiger partial charge is 0.487 e. The molecule has 0 aliphatic rings. The van der Waals surface area contributed by atoms with Gasteiger partial charge in [0.2, 0.25) is 5.89 Å². The number of ether oxygens (including phenoxy) is 2. The summed E-state index contributed by atoms with van der Waals surface area (Å²) >= 11 is 0. The zero-order valence-corrected chi connectivity index (χ0v) is 20.9. The predicted octanol–water partition coefficient (Wildman–Crippen LogP) is 5.89. The molecule has 0 saturated heterocycles. The molecule has 0 aliphatic heterocycles. The van der Waals surface area contributed by atoms with Gasteiger partial charge in [0.25, 0.3) is 0 Å². The van der Waals surface area contributed by atoms with Crippen molar-refractivity contribution in [3.63, 3.8) is 0 Å². The molecule has 0 spiro atoms. The number of nitrogens with zero attached hydrogens (tertiary/aromatic N) is 3. The van der Waals surface area contributed by atoms with Crippen LogP contribution < -0.4 is 4.74 Å². The quantitative estimate of drug-likeness (QED) is 0.136. The van der Waals surface area contributed by atoms with Gasteiger partial charge in [0.05, 0.1) is 18.7 Å². The van der Waals surface area contributed by atoms with E-state index in [1.165, 1.54) is 0 Å². The molecule has 8 nitrogen and oxygen atoms in total. The van der Waals surface area contributed by atoms with Gasteiger partial charge in [-0.15, -0.1) is 0 Å². The maximum absolute atomic E-state index is 11.8. The highest BCUT2D eigenvalue weighted by molar-refractivity contribution is 6.01. The Labute approximate surface area is 215 Å². The first-order valence-electron chi connectivity index (χ1n) is 12.1. The lowest BCUT2D eigenvalue weighted by molar-refractivity contribution is -0.142. The molecule has 0 amide bonds. The third kappa shape index (κ3) is 7.51. The Hall–Kier alpha value is -4.46. The molecule has 2 heterocycles. The molecule has 0 unspecified atom stereocenters. The summed E-state index contributed by atoms with van der Waals surface area (Å²) in [6, 6.07) is 21.0. The number of carbonyl (C=O) groups is 1. The maximum atomic E-state index is 11.8. The fourth-order valence-electron chi connectivity index (χ4n) is 3.51. The highest BCUT2D eigenvalue weighted by atomic mass is 16.6. The SMILES string of the molecule is CCOC(=O)CC/C(=N\OCc1ccc(OCc2nc(-c3ccccc3)oc2C)cc1)c1cccnc1. The van der Waals surface area contributed by atoms with Crippen molar-refractivity contribution in [2.45, 2.75) is 39.9 Å². The van der Waals surface area contributed by atoms with Crippen molar-refractivity contribution in [3.05, 3.63) is 102 Å². The molecule has 4 aromatic rings. The topological polar surface area (TPSA) is 96.0 Å². The van der Waals surface area contributed by atoms with Gasteiger partial charge in [0, 0.05) is 29.9 Å². The molecule has 190 valence electrons. The van der Waals surface area contributed by atoms with Crippen LogP contribution in [-0.2, 0) is 27.6 Å². The number of hydrogen-bond donors (Lipinski definition) is 0. The Balaban J connectivity index is 1.32. The third-order valence-electron chi connectivity index (χ3n) is 5.48. The Bertz CT molecular complexity index is 1300.